The molecule has 0 saturated heterocycles. The van der Waals surface area contributed by atoms with Gasteiger partial charge in [0.05, 0.1) is 24.1 Å². The number of sulfonamides is 1. The van der Waals surface area contributed by atoms with Gasteiger partial charge in [-0.1, -0.05) is 26.0 Å². The molecule has 146 valence electrons. The third kappa shape index (κ3) is 5.05. The molecule has 0 fully saturated rings. The van der Waals surface area contributed by atoms with Crippen molar-refractivity contribution in [1.82, 2.24) is 4.31 Å². The fraction of sp³-hybridized carbons (Fsp3) is 0.316. The van der Waals surface area contributed by atoms with Crippen LogP contribution in [0.5, 0.6) is 5.75 Å². The second-order valence-electron chi connectivity index (χ2n) is 5.80. The van der Waals surface area contributed by atoms with Crippen LogP contribution in [0.1, 0.15) is 19.4 Å². The zero-order valence-corrected chi connectivity index (χ0v) is 16.3. The average molecular weight is 394 g/mol. The molecule has 2 rings (SSSR count). The van der Waals surface area contributed by atoms with Crippen LogP contribution in [-0.2, 0) is 21.2 Å². The van der Waals surface area contributed by atoms with Crippen molar-refractivity contribution in [2.75, 3.05) is 25.5 Å². The molecule has 0 radical (unpaired) electrons. The van der Waals surface area contributed by atoms with E-state index in [1.165, 1.54) is 53.9 Å². The van der Waals surface area contributed by atoms with Gasteiger partial charge in [-0.3, -0.25) is 4.79 Å². The Hall–Kier alpha value is -2.45. The van der Waals surface area contributed by atoms with Crippen LogP contribution in [0.3, 0.4) is 0 Å². The van der Waals surface area contributed by atoms with Gasteiger partial charge in [-0.2, -0.15) is 4.31 Å². The fourth-order valence-corrected chi connectivity index (χ4v) is 4.12. The lowest BCUT2D eigenvalue weighted by molar-refractivity contribution is -0.115. The highest BCUT2D eigenvalue weighted by atomic mass is 32.2. The molecule has 0 bridgehead atoms. The number of carbonyl (C=O) groups excluding carboxylic acids is 1. The van der Waals surface area contributed by atoms with Crippen molar-refractivity contribution >= 4 is 21.6 Å². The average Bonchev–Trinajstić information content (AvgIpc) is 2.64. The minimum Gasteiger partial charge on any atom is -0.495 e. The van der Waals surface area contributed by atoms with Crippen LogP contribution in [0.15, 0.2) is 47.4 Å². The van der Waals surface area contributed by atoms with E-state index in [0.29, 0.717) is 24.4 Å². The molecule has 0 unspecified atom stereocenters. The van der Waals surface area contributed by atoms with Crippen molar-refractivity contribution in [3.8, 4) is 5.75 Å². The smallest absolute Gasteiger partial charge is 0.243 e. The van der Waals surface area contributed by atoms with E-state index < -0.39 is 10.0 Å². The van der Waals surface area contributed by atoms with Gasteiger partial charge in [-0.15, -0.1) is 0 Å². The lowest BCUT2D eigenvalue weighted by atomic mass is 10.1. The number of methoxy groups -OCH3 is 1. The number of halogens is 1. The quantitative estimate of drug-likeness (QED) is 0.747. The maximum absolute atomic E-state index is 13.0. The molecule has 27 heavy (non-hydrogen) atoms. The molecule has 0 aliphatic carbocycles. The molecule has 0 saturated carbocycles. The van der Waals surface area contributed by atoms with E-state index in [9.17, 15) is 17.6 Å². The zero-order valence-electron chi connectivity index (χ0n) is 15.5. The second-order valence-corrected chi connectivity index (χ2v) is 7.74. The molecular formula is C19H23FN2O4S. The molecule has 0 heterocycles. The van der Waals surface area contributed by atoms with Gasteiger partial charge in [0.1, 0.15) is 11.6 Å². The third-order valence-corrected chi connectivity index (χ3v) is 6.11. The van der Waals surface area contributed by atoms with Crippen molar-refractivity contribution in [3.05, 3.63) is 53.8 Å². The lowest BCUT2D eigenvalue weighted by Gasteiger charge is -2.19. The Bertz CT molecular complexity index is 894. The number of ether oxygens (including phenoxy) is 1. The van der Waals surface area contributed by atoms with Gasteiger partial charge in [0, 0.05) is 13.1 Å². The van der Waals surface area contributed by atoms with Crippen molar-refractivity contribution in [1.29, 1.82) is 0 Å². The van der Waals surface area contributed by atoms with Crippen LogP contribution >= 0.6 is 0 Å². The highest BCUT2D eigenvalue weighted by molar-refractivity contribution is 7.89. The maximum Gasteiger partial charge on any atom is 0.243 e. The molecule has 0 aliphatic heterocycles. The summed E-state index contributed by atoms with van der Waals surface area (Å²) >= 11 is 0. The zero-order chi connectivity index (χ0) is 20.0. The summed E-state index contributed by atoms with van der Waals surface area (Å²) in [5.41, 5.74) is 0.901. The number of nitrogens with one attached hydrogen (secondary N) is 1. The number of carbonyl (C=O) groups is 1. The topological polar surface area (TPSA) is 75.7 Å². The summed E-state index contributed by atoms with van der Waals surface area (Å²) in [6.07, 6.45) is 0.0243. The first-order valence-corrected chi connectivity index (χ1v) is 9.98. The summed E-state index contributed by atoms with van der Waals surface area (Å²) in [7, 11) is -2.23. The first-order valence-electron chi connectivity index (χ1n) is 8.54. The summed E-state index contributed by atoms with van der Waals surface area (Å²) in [4.78, 5) is 12.4. The highest BCUT2D eigenvalue weighted by Gasteiger charge is 2.23. The molecule has 0 spiro atoms. The first kappa shape index (κ1) is 20.9. The van der Waals surface area contributed by atoms with Gasteiger partial charge in [0.2, 0.25) is 15.9 Å². The molecule has 2 aromatic rings. The largest absolute Gasteiger partial charge is 0.495 e. The van der Waals surface area contributed by atoms with Gasteiger partial charge < -0.3 is 10.1 Å². The van der Waals surface area contributed by atoms with E-state index >= 15 is 0 Å². The van der Waals surface area contributed by atoms with Gasteiger partial charge in [-0.05, 0) is 35.9 Å². The van der Waals surface area contributed by atoms with E-state index in [4.69, 9.17) is 4.74 Å². The van der Waals surface area contributed by atoms with Crippen LogP contribution in [0.4, 0.5) is 10.1 Å². The normalized spacial score (nSPS) is 11.4. The Labute approximate surface area is 159 Å². The number of hydrogen-bond donors (Lipinski definition) is 1. The standard InChI is InChI=1S/C19H23FN2O4S/c1-4-22(5-2)27(24,25)16-10-11-18(26-3)17(13-16)21-19(23)12-14-6-8-15(20)9-7-14/h6-11,13H,4-5,12H2,1-3H3,(H,21,23). The summed E-state index contributed by atoms with van der Waals surface area (Å²) in [5.74, 6) is -0.395. The van der Waals surface area contributed by atoms with E-state index in [0.717, 1.165) is 0 Å². The van der Waals surface area contributed by atoms with Gasteiger partial charge in [0.15, 0.2) is 0 Å². The number of amides is 1. The number of benzene rings is 2. The molecular weight excluding hydrogens is 371 g/mol. The van der Waals surface area contributed by atoms with Crippen molar-refractivity contribution in [3.63, 3.8) is 0 Å². The van der Waals surface area contributed by atoms with Gasteiger partial charge in [-0.25, -0.2) is 12.8 Å². The summed E-state index contributed by atoms with van der Waals surface area (Å²) < 4.78 is 44.9. The van der Waals surface area contributed by atoms with Gasteiger partial charge in [0.25, 0.3) is 0 Å². The predicted molar refractivity (Wildman–Crippen MR) is 102 cm³/mol. The minimum absolute atomic E-state index is 0.0243. The molecule has 0 aromatic heterocycles. The van der Waals surface area contributed by atoms with Crippen molar-refractivity contribution < 1.29 is 22.3 Å². The van der Waals surface area contributed by atoms with Crippen molar-refractivity contribution in [2.45, 2.75) is 25.2 Å². The van der Waals surface area contributed by atoms with Crippen LogP contribution in [0, 0.1) is 5.82 Å². The Morgan fingerprint density at radius 1 is 1.11 bits per heavy atom. The molecule has 0 aliphatic rings. The van der Waals surface area contributed by atoms with Crippen LogP contribution < -0.4 is 10.1 Å². The van der Waals surface area contributed by atoms with E-state index in [1.807, 2.05) is 0 Å². The van der Waals surface area contributed by atoms with E-state index in [1.54, 1.807) is 13.8 Å². The summed E-state index contributed by atoms with van der Waals surface area (Å²) in [5, 5.41) is 2.67. The monoisotopic (exact) mass is 394 g/mol. The van der Waals surface area contributed by atoms with E-state index in [2.05, 4.69) is 5.32 Å². The number of hydrogen-bond acceptors (Lipinski definition) is 4. The summed E-state index contributed by atoms with van der Waals surface area (Å²) in [6.45, 7) is 4.21. The number of rotatable bonds is 8. The lowest BCUT2D eigenvalue weighted by Crippen LogP contribution is -2.30. The number of nitrogens with zero attached hydrogens (tertiary/aromatic N) is 1. The molecule has 8 heteroatoms. The van der Waals surface area contributed by atoms with Crippen LogP contribution in [0.2, 0.25) is 0 Å². The Morgan fingerprint density at radius 2 is 1.74 bits per heavy atom. The Morgan fingerprint density at radius 3 is 2.30 bits per heavy atom. The molecule has 6 nitrogen and oxygen atoms in total. The van der Waals surface area contributed by atoms with Crippen LogP contribution in [-0.4, -0.2) is 38.8 Å². The Balaban J connectivity index is 2.27. The van der Waals surface area contributed by atoms with Crippen LogP contribution in [0.25, 0.3) is 0 Å². The van der Waals surface area contributed by atoms with Gasteiger partial charge >= 0.3 is 0 Å². The first-order chi connectivity index (χ1) is 12.8. The SMILES string of the molecule is CCN(CC)S(=O)(=O)c1ccc(OC)c(NC(=O)Cc2ccc(F)cc2)c1. The number of anilines is 1. The third-order valence-electron chi connectivity index (χ3n) is 4.07. The Kier molecular flexibility index (Phi) is 6.92. The maximum atomic E-state index is 13.0. The highest BCUT2D eigenvalue weighted by Crippen LogP contribution is 2.29. The minimum atomic E-state index is -3.66. The molecule has 1 amide bonds. The van der Waals surface area contributed by atoms with E-state index in [-0.39, 0.29) is 28.7 Å². The molecule has 0 atom stereocenters. The summed E-state index contributed by atoms with van der Waals surface area (Å²) in [6, 6.07) is 9.93. The fourth-order valence-electron chi connectivity index (χ4n) is 2.64. The molecule has 1 N–H and O–H groups in total. The predicted octanol–water partition coefficient (Wildman–Crippen LogP) is 3.05. The molecule has 2 aromatic carbocycles. The van der Waals surface area contributed by atoms with Crippen molar-refractivity contribution in [2.24, 2.45) is 0 Å². The second kappa shape index (κ2) is 8.96.